The molecular weight excluding hydrogens is 388 g/mol. The first-order valence-electron chi connectivity index (χ1n) is 10.2. The maximum Gasteiger partial charge on any atom is 0.247 e. The molecule has 0 aliphatic heterocycles. The molecule has 0 aliphatic carbocycles. The van der Waals surface area contributed by atoms with Gasteiger partial charge in [0.2, 0.25) is 11.8 Å². The van der Waals surface area contributed by atoms with Gasteiger partial charge in [0.25, 0.3) is 0 Å². The van der Waals surface area contributed by atoms with Crippen LogP contribution in [0.25, 0.3) is 5.65 Å². The summed E-state index contributed by atoms with van der Waals surface area (Å²) in [7, 11) is 0. The first-order chi connectivity index (χ1) is 15.1. The molecule has 4 aromatic rings. The van der Waals surface area contributed by atoms with Crippen molar-refractivity contribution in [1.29, 1.82) is 0 Å². The van der Waals surface area contributed by atoms with Crippen LogP contribution >= 0.6 is 0 Å². The van der Waals surface area contributed by atoms with Gasteiger partial charge in [0, 0.05) is 24.5 Å². The van der Waals surface area contributed by atoms with Gasteiger partial charge in [-0.3, -0.25) is 9.59 Å². The Hall–Kier alpha value is -3.93. The van der Waals surface area contributed by atoms with Gasteiger partial charge in [-0.2, -0.15) is 0 Å². The Morgan fingerprint density at radius 1 is 0.968 bits per heavy atom. The molecule has 4 rings (SSSR count). The highest BCUT2D eigenvalue weighted by atomic mass is 16.2. The van der Waals surface area contributed by atoms with Crippen LogP contribution in [0.2, 0.25) is 0 Å². The quantitative estimate of drug-likeness (QED) is 0.487. The van der Waals surface area contributed by atoms with E-state index in [-0.39, 0.29) is 18.2 Å². The lowest BCUT2D eigenvalue weighted by atomic mass is 10.0. The molecule has 2 aromatic heterocycles. The predicted molar refractivity (Wildman–Crippen MR) is 121 cm³/mol. The number of imidazole rings is 1. The molecule has 0 radical (unpaired) electrons. The Balaban J connectivity index is 1.49. The zero-order chi connectivity index (χ0) is 21.6. The van der Waals surface area contributed by atoms with Crippen LogP contribution in [0.1, 0.15) is 16.8 Å². The molecule has 156 valence electrons. The maximum absolute atomic E-state index is 12.9. The molecular formula is C25H24N4O2. The third-order valence-electron chi connectivity index (χ3n) is 5.05. The summed E-state index contributed by atoms with van der Waals surface area (Å²) in [5, 5.41) is 5.78. The number of rotatable bonds is 7. The number of benzene rings is 2. The number of anilines is 1. The second kappa shape index (κ2) is 9.26. The van der Waals surface area contributed by atoms with E-state index in [0.29, 0.717) is 17.8 Å². The van der Waals surface area contributed by atoms with Crippen molar-refractivity contribution < 1.29 is 9.59 Å². The number of pyridine rings is 1. The van der Waals surface area contributed by atoms with E-state index in [2.05, 4.69) is 15.6 Å². The average Bonchev–Trinajstić information content (AvgIpc) is 3.18. The fraction of sp³-hybridized carbons (Fsp3) is 0.160. The van der Waals surface area contributed by atoms with Gasteiger partial charge in [0.15, 0.2) is 0 Å². The number of amides is 2. The van der Waals surface area contributed by atoms with Crippen LogP contribution in [0.15, 0.2) is 85.2 Å². The van der Waals surface area contributed by atoms with E-state index in [1.54, 1.807) is 0 Å². The van der Waals surface area contributed by atoms with Crippen molar-refractivity contribution in [3.63, 3.8) is 0 Å². The molecule has 0 fully saturated rings. The molecule has 0 spiro atoms. The number of aryl methyl sites for hydroxylation is 1. The topological polar surface area (TPSA) is 75.5 Å². The van der Waals surface area contributed by atoms with Crippen molar-refractivity contribution in [2.45, 2.75) is 25.8 Å². The monoisotopic (exact) mass is 412 g/mol. The van der Waals surface area contributed by atoms with E-state index in [1.807, 2.05) is 96.5 Å². The Kier molecular flexibility index (Phi) is 6.08. The smallest absolute Gasteiger partial charge is 0.247 e. The summed E-state index contributed by atoms with van der Waals surface area (Å²) in [5.41, 5.74) is 4.19. The fourth-order valence-electron chi connectivity index (χ4n) is 3.51. The van der Waals surface area contributed by atoms with Gasteiger partial charge in [-0.25, -0.2) is 4.98 Å². The number of nitrogens with zero attached hydrogens (tertiary/aromatic N) is 2. The number of hydrogen-bond acceptors (Lipinski definition) is 3. The van der Waals surface area contributed by atoms with Crippen LogP contribution in [0.5, 0.6) is 0 Å². The lowest BCUT2D eigenvalue weighted by Gasteiger charge is -2.18. The molecule has 2 amide bonds. The van der Waals surface area contributed by atoms with Crippen molar-refractivity contribution in [3.8, 4) is 0 Å². The number of aromatic nitrogens is 2. The number of carbonyl (C=O) groups excluding carboxylic acids is 2. The van der Waals surface area contributed by atoms with Gasteiger partial charge >= 0.3 is 0 Å². The van der Waals surface area contributed by atoms with Crippen LogP contribution in [-0.2, 0) is 22.4 Å². The molecule has 2 aromatic carbocycles. The van der Waals surface area contributed by atoms with Crippen molar-refractivity contribution in [3.05, 3.63) is 102 Å². The molecule has 2 heterocycles. The summed E-state index contributed by atoms with van der Waals surface area (Å²) in [4.78, 5) is 30.3. The SMILES string of the molecule is Cc1cccn2cc(CC(=O)NC(Cc3ccccc3)C(=O)Nc3ccccc3)nc12. The minimum absolute atomic E-state index is 0.102. The predicted octanol–water partition coefficient (Wildman–Crippen LogP) is 3.55. The van der Waals surface area contributed by atoms with E-state index < -0.39 is 6.04 Å². The Morgan fingerprint density at radius 3 is 2.39 bits per heavy atom. The maximum atomic E-state index is 12.9. The van der Waals surface area contributed by atoms with Crippen molar-refractivity contribution >= 4 is 23.1 Å². The van der Waals surface area contributed by atoms with E-state index in [9.17, 15) is 9.59 Å². The largest absolute Gasteiger partial charge is 0.344 e. The lowest BCUT2D eigenvalue weighted by molar-refractivity contribution is -0.126. The third-order valence-corrected chi connectivity index (χ3v) is 5.05. The molecule has 0 saturated carbocycles. The number of hydrogen-bond donors (Lipinski definition) is 2. The lowest BCUT2D eigenvalue weighted by Crippen LogP contribution is -2.45. The first-order valence-corrected chi connectivity index (χ1v) is 10.2. The van der Waals surface area contributed by atoms with Gasteiger partial charge in [-0.05, 0) is 36.2 Å². The third kappa shape index (κ3) is 5.17. The van der Waals surface area contributed by atoms with Crippen LogP contribution < -0.4 is 10.6 Å². The fourth-order valence-corrected chi connectivity index (χ4v) is 3.51. The summed E-state index contributed by atoms with van der Waals surface area (Å²) < 4.78 is 1.90. The van der Waals surface area contributed by atoms with Crippen LogP contribution in [0.3, 0.4) is 0 Å². The minimum Gasteiger partial charge on any atom is -0.344 e. The summed E-state index contributed by atoms with van der Waals surface area (Å²) in [6.07, 6.45) is 4.25. The number of fused-ring (bicyclic) bond motifs is 1. The van der Waals surface area contributed by atoms with E-state index in [4.69, 9.17) is 0 Å². The van der Waals surface area contributed by atoms with Gasteiger partial charge in [-0.1, -0.05) is 54.6 Å². The van der Waals surface area contributed by atoms with Gasteiger partial charge in [-0.15, -0.1) is 0 Å². The molecule has 0 aliphatic rings. The summed E-state index contributed by atoms with van der Waals surface area (Å²) in [6, 6.07) is 22.1. The molecule has 6 heteroatoms. The zero-order valence-corrected chi connectivity index (χ0v) is 17.3. The molecule has 31 heavy (non-hydrogen) atoms. The molecule has 1 unspecified atom stereocenters. The van der Waals surface area contributed by atoms with Crippen LogP contribution in [0.4, 0.5) is 5.69 Å². The van der Waals surface area contributed by atoms with E-state index in [0.717, 1.165) is 16.8 Å². The Morgan fingerprint density at radius 2 is 1.68 bits per heavy atom. The Bertz CT molecular complexity index is 1190. The van der Waals surface area contributed by atoms with Gasteiger partial charge in [0.05, 0.1) is 12.1 Å². The normalized spacial score (nSPS) is 11.8. The Labute approximate surface area is 180 Å². The number of carbonyl (C=O) groups is 2. The molecule has 1 atom stereocenters. The summed E-state index contributed by atoms with van der Waals surface area (Å²) in [5.74, 6) is -0.501. The summed E-state index contributed by atoms with van der Waals surface area (Å²) in [6.45, 7) is 1.98. The highest BCUT2D eigenvalue weighted by molar-refractivity contribution is 5.97. The molecule has 2 N–H and O–H groups in total. The zero-order valence-electron chi connectivity index (χ0n) is 17.3. The average molecular weight is 412 g/mol. The van der Waals surface area contributed by atoms with Crippen LogP contribution in [-0.4, -0.2) is 27.2 Å². The highest BCUT2D eigenvalue weighted by Gasteiger charge is 2.22. The second-order valence-electron chi connectivity index (χ2n) is 7.50. The number of para-hydroxylation sites is 1. The second-order valence-corrected chi connectivity index (χ2v) is 7.50. The van der Waals surface area contributed by atoms with Gasteiger partial charge < -0.3 is 15.0 Å². The van der Waals surface area contributed by atoms with E-state index >= 15 is 0 Å². The van der Waals surface area contributed by atoms with Crippen molar-refractivity contribution in [1.82, 2.24) is 14.7 Å². The van der Waals surface area contributed by atoms with Gasteiger partial charge in [0.1, 0.15) is 11.7 Å². The van der Waals surface area contributed by atoms with Crippen molar-refractivity contribution in [2.24, 2.45) is 0 Å². The number of nitrogens with one attached hydrogen (secondary N) is 2. The molecule has 0 saturated heterocycles. The highest BCUT2D eigenvalue weighted by Crippen LogP contribution is 2.12. The minimum atomic E-state index is -0.700. The van der Waals surface area contributed by atoms with E-state index in [1.165, 1.54) is 0 Å². The first kappa shape index (κ1) is 20.3. The molecule has 0 bridgehead atoms. The van der Waals surface area contributed by atoms with Crippen LogP contribution in [0, 0.1) is 6.92 Å². The standard InChI is InChI=1S/C25H24N4O2/c1-18-9-8-14-29-17-21(26-24(18)29)16-23(30)28-22(15-19-10-4-2-5-11-19)25(31)27-20-12-6-3-7-13-20/h2-14,17,22H,15-16H2,1H3,(H,27,31)(H,28,30). The summed E-state index contributed by atoms with van der Waals surface area (Å²) >= 11 is 0. The van der Waals surface area contributed by atoms with Crippen molar-refractivity contribution in [2.75, 3.05) is 5.32 Å². The molecule has 6 nitrogen and oxygen atoms in total.